The van der Waals surface area contributed by atoms with Gasteiger partial charge in [0.2, 0.25) is 0 Å². The highest BCUT2D eigenvalue weighted by molar-refractivity contribution is 5.81. The maximum Gasteiger partial charge on any atom is 0.328 e. The number of carbonyl (C=O) groups is 2. The van der Waals surface area contributed by atoms with Gasteiger partial charge in [0.1, 0.15) is 11.4 Å². The fraction of sp³-hybridized carbons (Fsp3) is 0.606. The summed E-state index contributed by atoms with van der Waals surface area (Å²) in [4.78, 5) is 30.2. The normalized spacial score (nSPS) is 21.9. The number of hydrogen-bond acceptors (Lipinski definition) is 4. The number of benzene rings is 1. The predicted octanol–water partition coefficient (Wildman–Crippen LogP) is 6.13. The molecule has 1 amide bonds. The molecule has 0 saturated carbocycles. The van der Waals surface area contributed by atoms with E-state index in [1.807, 2.05) is 62.2 Å². The molecular weight excluding hydrogens is 500 g/mol. The standard InChI is InChI=1S/C17H27NO2.C16H25N3O/c1-4-5-6-7-11-14-18(3)17(2,16(19)20)15-12-9-8-10-13-15;1-4-15(17-11-13(2)3)18-16(20)12-19-8-5-14(6-9-19)7-10-19/h8-10,12-13H,4-7,11,14H2,1-3H3,(H,19,20);4,11,14H,2,5-10,12H2,1,3H3/p+1/b;15-4+,17-11-. The van der Waals surface area contributed by atoms with Crippen molar-refractivity contribution >= 4 is 18.1 Å². The van der Waals surface area contributed by atoms with Gasteiger partial charge in [0.05, 0.1) is 19.6 Å². The van der Waals surface area contributed by atoms with Gasteiger partial charge < -0.3 is 14.9 Å². The molecule has 0 spiro atoms. The third-order valence-electron chi connectivity index (χ3n) is 8.59. The van der Waals surface area contributed by atoms with Crippen LogP contribution in [0.25, 0.3) is 0 Å². The molecule has 7 heteroatoms. The number of fused-ring (bicyclic) bond motifs is 3. The number of piperidine rings is 3. The molecule has 0 aromatic heterocycles. The summed E-state index contributed by atoms with van der Waals surface area (Å²) >= 11 is 0. The van der Waals surface area contributed by atoms with Crippen molar-refractivity contribution in [1.29, 1.82) is 0 Å². The Labute approximate surface area is 242 Å². The van der Waals surface area contributed by atoms with E-state index in [1.54, 1.807) is 13.1 Å². The van der Waals surface area contributed by atoms with Crippen LogP contribution >= 0.6 is 0 Å². The first kappa shape index (κ1) is 33.4. The number of unbranched alkanes of at least 4 members (excludes halogenated alkanes) is 4. The number of carbonyl (C=O) groups excluding carboxylic acids is 1. The molecule has 7 nitrogen and oxygen atoms in total. The molecule has 222 valence electrons. The number of quaternary nitrogens is 1. The zero-order chi connectivity index (χ0) is 29.6. The molecule has 3 heterocycles. The number of nitrogens with zero attached hydrogens (tertiary/aromatic N) is 3. The summed E-state index contributed by atoms with van der Waals surface area (Å²) in [5.74, 6) is 0.824. The van der Waals surface area contributed by atoms with E-state index >= 15 is 0 Å². The SMILES string of the molecule is C=C(C)/C=N\C(=C/C)NC(=O)C[N+]12CCC(CC1)CC2.CCCCCCCN(C)C(C)(C(=O)O)c1ccccc1. The third kappa shape index (κ3) is 10.0. The largest absolute Gasteiger partial charge is 0.480 e. The van der Waals surface area contributed by atoms with Crippen molar-refractivity contribution in [3.05, 3.63) is 59.9 Å². The van der Waals surface area contributed by atoms with Gasteiger partial charge in [-0.1, -0.05) is 69.5 Å². The summed E-state index contributed by atoms with van der Waals surface area (Å²) in [6.07, 6.45) is 13.3. The van der Waals surface area contributed by atoms with Gasteiger partial charge in [0, 0.05) is 6.21 Å². The molecule has 3 fully saturated rings. The molecule has 1 aromatic carbocycles. The minimum absolute atomic E-state index is 0.0808. The summed E-state index contributed by atoms with van der Waals surface area (Å²) in [5.41, 5.74) is 0.758. The van der Waals surface area contributed by atoms with Gasteiger partial charge in [-0.3, -0.25) is 9.69 Å². The molecule has 0 aliphatic carbocycles. The first-order valence-corrected chi connectivity index (χ1v) is 15.1. The van der Waals surface area contributed by atoms with Gasteiger partial charge in [0.25, 0.3) is 5.91 Å². The van der Waals surface area contributed by atoms with Crippen molar-refractivity contribution in [2.75, 3.05) is 39.8 Å². The Hall–Kier alpha value is -2.77. The van der Waals surface area contributed by atoms with E-state index in [0.29, 0.717) is 12.4 Å². The van der Waals surface area contributed by atoms with Crippen molar-refractivity contribution in [3.63, 3.8) is 0 Å². The van der Waals surface area contributed by atoms with E-state index in [4.69, 9.17) is 0 Å². The second kappa shape index (κ2) is 16.5. The number of rotatable bonds is 14. The number of likely N-dealkylation sites (N-methyl/N-ethyl adjacent to an activating group) is 1. The van der Waals surface area contributed by atoms with Gasteiger partial charge in [-0.25, -0.2) is 9.79 Å². The Bertz CT molecular complexity index is 998. The van der Waals surface area contributed by atoms with Gasteiger partial charge >= 0.3 is 5.97 Å². The minimum atomic E-state index is -0.952. The number of nitrogens with one attached hydrogen (secondary N) is 1. The van der Waals surface area contributed by atoms with Crippen molar-refractivity contribution in [1.82, 2.24) is 10.2 Å². The zero-order valence-electron chi connectivity index (χ0n) is 25.6. The molecule has 1 atom stereocenters. The van der Waals surface area contributed by atoms with E-state index in [2.05, 4.69) is 23.8 Å². The van der Waals surface area contributed by atoms with Crippen LogP contribution in [0, 0.1) is 5.92 Å². The highest BCUT2D eigenvalue weighted by atomic mass is 16.4. The summed E-state index contributed by atoms with van der Waals surface area (Å²) < 4.78 is 0.976. The van der Waals surface area contributed by atoms with Crippen molar-refractivity contribution in [2.24, 2.45) is 10.9 Å². The summed E-state index contributed by atoms with van der Waals surface area (Å²) in [6.45, 7) is 16.4. The Kier molecular flexibility index (Phi) is 13.8. The first-order chi connectivity index (χ1) is 19.1. The fourth-order valence-electron chi connectivity index (χ4n) is 5.67. The molecule has 0 radical (unpaired) electrons. The van der Waals surface area contributed by atoms with Crippen LogP contribution in [-0.2, 0) is 15.1 Å². The average molecular weight is 554 g/mol. The van der Waals surface area contributed by atoms with Gasteiger partial charge in [-0.15, -0.1) is 0 Å². The number of amides is 1. The molecule has 3 aliphatic rings. The lowest BCUT2D eigenvalue weighted by molar-refractivity contribution is -0.935. The smallest absolute Gasteiger partial charge is 0.328 e. The van der Waals surface area contributed by atoms with E-state index in [0.717, 1.165) is 54.1 Å². The number of carboxylic acids is 1. The topological polar surface area (TPSA) is 82.0 Å². The second-order valence-corrected chi connectivity index (χ2v) is 11.8. The number of aliphatic carboxylic acids is 1. The van der Waals surface area contributed by atoms with Crippen LogP contribution < -0.4 is 5.32 Å². The Morgan fingerprint density at radius 2 is 1.73 bits per heavy atom. The number of carboxylic acid groups (broad SMARTS) is 1. The molecule has 3 aliphatic heterocycles. The van der Waals surface area contributed by atoms with Crippen molar-refractivity contribution in [3.8, 4) is 0 Å². The quantitative estimate of drug-likeness (QED) is 0.165. The van der Waals surface area contributed by atoms with Crippen LogP contribution in [0.3, 0.4) is 0 Å². The Morgan fingerprint density at radius 1 is 1.12 bits per heavy atom. The lowest BCUT2D eigenvalue weighted by Gasteiger charge is -2.48. The lowest BCUT2D eigenvalue weighted by atomic mass is 9.86. The van der Waals surface area contributed by atoms with E-state index in [1.165, 1.54) is 44.9 Å². The monoisotopic (exact) mass is 553 g/mol. The van der Waals surface area contributed by atoms with Crippen LogP contribution in [0.5, 0.6) is 0 Å². The molecule has 2 N–H and O–H groups in total. The van der Waals surface area contributed by atoms with E-state index in [9.17, 15) is 14.7 Å². The molecule has 4 rings (SSSR count). The highest BCUT2D eigenvalue weighted by Crippen LogP contribution is 2.33. The fourth-order valence-corrected chi connectivity index (χ4v) is 5.67. The molecule has 1 aromatic rings. The second-order valence-electron chi connectivity index (χ2n) is 11.8. The van der Waals surface area contributed by atoms with Crippen LogP contribution in [0.2, 0.25) is 0 Å². The highest BCUT2D eigenvalue weighted by Gasteiger charge is 2.41. The minimum Gasteiger partial charge on any atom is -0.480 e. The third-order valence-corrected chi connectivity index (χ3v) is 8.59. The predicted molar refractivity (Wildman–Crippen MR) is 165 cm³/mol. The van der Waals surface area contributed by atoms with E-state index in [-0.39, 0.29) is 5.91 Å². The molecular formula is C33H53N4O3+. The van der Waals surface area contributed by atoms with Crippen LogP contribution in [0.1, 0.15) is 84.6 Å². The summed E-state index contributed by atoms with van der Waals surface area (Å²) in [7, 11) is 1.90. The summed E-state index contributed by atoms with van der Waals surface area (Å²) in [6, 6.07) is 9.48. The van der Waals surface area contributed by atoms with Crippen molar-refractivity contribution in [2.45, 2.75) is 84.6 Å². The Morgan fingerprint density at radius 3 is 2.25 bits per heavy atom. The number of allylic oxidation sites excluding steroid dienone is 2. The van der Waals surface area contributed by atoms with Crippen LogP contribution in [0.4, 0.5) is 0 Å². The van der Waals surface area contributed by atoms with Crippen LogP contribution in [-0.4, -0.2) is 72.4 Å². The molecule has 1 unspecified atom stereocenters. The maximum atomic E-state index is 12.2. The van der Waals surface area contributed by atoms with Gasteiger partial charge in [-0.2, -0.15) is 0 Å². The van der Waals surface area contributed by atoms with Gasteiger partial charge in [-0.05, 0) is 83.2 Å². The average Bonchev–Trinajstić information content (AvgIpc) is 2.95. The van der Waals surface area contributed by atoms with Crippen LogP contribution in [0.15, 0.2) is 59.4 Å². The first-order valence-electron chi connectivity index (χ1n) is 15.1. The van der Waals surface area contributed by atoms with Crippen molar-refractivity contribution < 1.29 is 19.2 Å². The summed E-state index contributed by atoms with van der Waals surface area (Å²) in [5, 5.41) is 12.6. The molecule has 3 saturated heterocycles. The lowest BCUT2D eigenvalue weighted by Crippen LogP contribution is -2.61. The zero-order valence-corrected chi connectivity index (χ0v) is 25.6. The number of hydrogen-bond donors (Lipinski definition) is 2. The maximum absolute atomic E-state index is 12.2. The van der Waals surface area contributed by atoms with E-state index < -0.39 is 11.5 Å². The van der Waals surface area contributed by atoms with Gasteiger partial charge in [0.15, 0.2) is 6.54 Å². The molecule has 40 heavy (non-hydrogen) atoms. The number of aliphatic imine (C=N–C) groups is 1. The Balaban J connectivity index is 0.000000280. The molecule has 2 bridgehead atoms.